The first-order valence-electron chi connectivity index (χ1n) is 6.55. The molecule has 102 valence electrons. The molecule has 1 unspecified atom stereocenters. The minimum absolute atomic E-state index is 0.277. The topological polar surface area (TPSA) is 29.9 Å². The number of nitrogens with one attached hydrogen (secondary N) is 1. The van der Waals surface area contributed by atoms with Crippen LogP contribution >= 0.6 is 11.6 Å². The number of benzene rings is 1. The van der Waals surface area contributed by atoms with Crippen LogP contribution in [0, 0.1) is 13.8 Å². The van der Waals surface area contributed by atoms with Gasteiger partial charge in [0.15, 0.2) is 0 Å². The van der Waals surface area contributed by atoms with E-state index in [1.807, 2.05) is 30.8 Å². The van der Waals surface area contributed by atoms with Gasteiger partial charge in [0, 0.05) is 12.1 Å². The fourth-order valence-electron chi connectivity index (χ4n) is 2.27. The zero-order valence-corrected chi connectivity index (χ0v) is 12.6. The molecule has 2 rings (SSSR count). The molecule has 1 atom stereocenters. The number of hydrogen-bond acceptors (Lipinski definition) is 2. The third-order valence-electron chi connectivity index (χ3n) is 3.51. The van der Waals surface area contributed by atoms with Gasteiger partial charge in [0.2, 0.25) is 0 Å². The van der Waals surface area contributed by atoms with Crippen molar-refractivity contribution in [2.24, 2.45) is 7.05 Å². The summed E-state index contributed by atoms with van der Waals surface area (Å²) in [7, 11) is 1.97. The zero-order valence-electron chi connectivity index (χ0n) is 11.9. The molecule has 2 aromatic rings. The van der Waals surface area contributed by atoms with Gasteiger partial charge < -0.3 is 5.32 Å². The summed E-state index contributed by atoms with van der Waals surface area (Å²) in [5, 5.41) is 8.80. The van der Waals surface area contributed by atoms with E-state index in [0.717, 1.165) is 28.5 Å². The molecule has 0 saturated carbocycles. The van der Waals surface area contributed by atoms with E-state index in [4.69, 9.17) is 11.6 Å². The summed E-state index contributed by atoms with van der Waals surface area (Å²) in [4.78, 5) is 0. The first-order chi connectivity index (χ1) is 9.02. The molecule has 1 aromatic heterocycles. The Balaban J connectivity index is 2.26. The molecule has 0 saturated heterocycles. The fourth-order valence-corrected chi connectivity index (χ4v) is 2.40. The number of aryl methyl sites for hydroxylation is 2. The van der Waals surface area contributed by atoms with Gasteiger partial charge in [-0.1, -0.05) is 30.7 Å². The summed E-state index contributed by atoms with van der Waals surface area (Å²) >= 11 is 5.94. The summed E-state index contributed by atoms with van der Waals surface area (Å²) in [6.45, 7) is 6.29. The molecule has 3 nitrogen and oxygen atoms in total. The first-order valence-corrected chi connectivity index (χ1v) is 6.93. The van der Waals surface area contributed by atoms with E-state index in [9.17, 15) is 0 Å². The summed E-state index contributed by atoms with van der Waals surface area (Å²) in [5.41, 5.74) is 4.57. The highest BCUT2D eigenvalue weighted by molar-refractivity contribution is 6.30. The number of hydrogen-bond donors (Lipinski definition) is 1. The normalized spacial score (nSPS) is 12.5. The van der Waals surface area contributed by atoms with E-state index in [-0.39, 0.29) is 6.04 Å². The van der Waals surface area contributed by atoms with E-state index < -0.39 is 0 Å². The minimum Gasteiger partial charge on any atom is -0.375 e. The average molecular weight is 278 g/mol. The van der Waals surface area contributed by atoms with Crippen LogP contribution in [0.3, 0.4) is 0 Å². The Morgan fingerprint density at radius 3 is 2.37 bits per heavy atom. The third kappa shape index (κ3) is 2.92. The van der Waals surface area contributed by atoms with E-state index in [0.29, 0.717) is 0 Å². The van der Waals surface area contributed by atoms with Crippen LogP contribution in [0.4, 0.5) is 5.69 Å². The molecular weight excluding hydrogens is 258 g/mol. The lowest BCUT2D eigenvalue weighted by Crippen LogP contribution is -2.10. The molecule has 0 amide bonds. The highest BCUT2D eigenvalue weighted by atomic mass is 35.5. The maximum Gasteiger partial charge on any atom is 0.0828 e. The standard InChI is InChI=1S/C15H20ClN3/c1-5-14(12-6-8-13(16)9-7-12)17-15-10(2)18-19(4)11(15)3/h6-9,14,17H,5H2,1-4H3. The lowest BCUT2D eigenvalue weighted by molar-refractivity contribution is 0.728. The average Bonchev–Trinajstić information content (AvgIpc) is 2.63. The van der Waals surface area contributed by atoms with Crippen LogP contribution in [0.2, 0.25) is 5.02 Å². The second-order valence-corrected chi connectivity index (χ2v) is 5.26. The molecule has 0 aliphatic heterocycles. The molecule has 0 fully saturated rings. The van der Waals surface area contributed by atoms with Gasteiger partial charge in [-0.2, -0.15) is 5.10 Å². The smallest absolute Gasteiger partial charge is 0.0828 e. The maximum atomic E-state index is 5.94. The number of halogens is 1. The van der Waals surface area contributed by atoms with Gasteiger partial charge in [0.05, 0.1) is 23.1 Å². The van der Waals surface area contributed by atoms with Crippen molar-refractivity contribution in [2.75, 3.05) is 5.32 Å². The fraction of sp³-hybridized carbons (Fsp3) is 0.400. The predicted octanol–water partition coefficient (Wildman–Crippen LogP) is 4.25. The second kappa shape index (κ2) is 5.66. The number of aromatic nitrogens is 2. The summed E-state index contributed by atoms with van der Waals surface area (Å²) in [5.74, 6) is 0. The van der Waals surface area contributed by atoms with Crippen molar-refractivity contribution < 1.29 is 0 Å². The van der Waals surface area contributed by atoms with Gasteiger partial charge in [0.1, 0.15) is 0 Å². The van der Waals surface area contributed by atoms with E-state index in [1.54, 1.807) is 0 Å². The molecule has 1 heterocycles. The SMILES string of the molecule is CCC(Nc1c(C)nn(C)c1C)c1ccc(Cl)cc1. The van der Waals surface area contributed by atoms with Crippen LogP contribution in [0.1, 0.15) is 36.3 Å². The highest BCUT2D eigenvalue weighted by Gasteiger charge is 2.15. The Kier molecular flexibility index (Phi) is 4.15. The molecule has 4 heteroatoms. The quantitative estimate of drug-likeness (QED) is 0.905. The van der Waals surface area contributed by atoms with E-state index >= 15 is 0 Å². The number of anilines is 1. The van der Waals surface area contributed by atoms with Crippen LogP contribution in [0.15, 0.2) is 24.3 Å². The highest BCUT2D eigenvalue weighted by Crippen LogP contribution is 2.27. The number of rotatable bonds is 4. The van der Waals surface area contributed by atoms with Crippen LogP contribution < -0.4 is 5.32 Å². The van der Waals surface area contributed by atoms with Gasteiger partial charge in [-0.3, -0.25) is 4.68 Å². The zero-order chi connectivity index (χ0) is 14.0. The molecule has 0 bridgehead atoms. The summed E-state index contributed by atoms with van der Waals surface area (Å²) < 4.78 is 1.91. The van der Waals surface area contributed by atoms with E-state index in [2.05, 4.69) is 36.4 Å². The van der Waals surface area contributed by atoms with E-state index in [1.165, 1.54) is 5.56 Å². The molecule has 0 spiro atoms. The van der Waals surface area contributed by atoms with Crippen LogP contribution in [-0.2, 0) is 7.05 Å². The van der Waals surface area contributed by atoms with Gasteiger partial charge >= 0.3 is 0 Å². The molecule has 1 N–H and O–H groups in total. The van der Waals surface area contributed by atoms with Gasteiger partial charge in [-0.25, -0.2) is 0 Å². The van der Waals surface area contributed by atoms with Crippen molar-refractivity contribution in [3.05, 3.63) is 46.2 Å². The van der Waals surface area contributed by atoms with Gasteiger partial charge in [-0.05, 0) is 38.0 Å². The lowest BCUT2D eigenvalue weighted by Gasteiger charge is -2.19. The van der Waals surface area contributed by atoms with Gasteiger partial charge in [0.25, 0.3) is 0 Å². The summed E-state index contributed by atoms with van der Waals surface area (Å²) in [6, 6.07) is 8.29. The Hall–Kier alpha value is -1.48. The van der Waals surface area contributed by atoms with Gasteiger partial charge in [-0.15, -0.1) is 0 Å². The van der Waals surface area contributed by atoms with Crippen molar-refractivity contribution in [3.8, 4) is 0 Å². The van der Waals surface area contributed by atoms with Crippen LogP contribution in [0.5, 0.6) is 0 Å². The number of nitrogens with zero attached hydrogens (tertiary/aromatic N) is 2. The molecule has 0 aliphatic rings. The molecule has 1 aromatic carbocycles. The molecular formula is C15H20ClN3. The Bertz CT molecular complexity index is 558. The summed E-state index contributed by atoms with van der Waals surface area (Å²) in [6.07, 6.45) is 1.01. The van der Waals surface area contributed by atoms with Crippen LogP contribution in [-0.4, -0.2) is 9.78 Å². The largest absolute Gasteiger partial charge is 0.375 e. The predicted molar refractivity (Wildman–Crippen MR) is 80.8 cm³/mol. The first kappa shape index (κ1) is 13.9. The monoisotopic (exact) mass is 277 g/mol. The Morgan fingerprint density at radius 2 is 1.89 bits per heavy atom. The Morgan fingerprint density at radius 1 is 1.26 bits per heavy atom. The minimum atomic E-state index is 0.277. The second-order valence-electron chi connectivity index (χ2n) is 4.83. The lowest BCUT2D eigenvalue weighted by atomic mass is 10.0. The van der Waals surface area contributed by atoms with Crippen molar-refractivity contribution in [2.45, 2.75) is 33.2 Å². The maximum absolute atomic E-state index is 5.94. The molecule has 0 radical (unpaired) electrons. The van der Waals surface area contributed by atoms with Crippen molar-refractivity contribution in [1.82, 2.24) is 9.78 Å². The van der Waals surface area contributed by atoms with Crippen LogP contribution in [0.25, 0.3) is 0 Å². The van der Waals surface area contributed by atoms with Crippen molar-refractivity contribution in [3.63, 3.8) is 0 Å². The molecule has 19 heavy (non-hydrogen) atoms. The molecule has 0 aliphatic carbocycles. The van der Waals surface area contributed by atoms with Crippen molar-refractivity contribution in [1.29, 1.82) is 0 Å². The van der Waals surface area contributed by atoms with Crippen molar-refractivity contribution >= 4 is 17.3 Å². The Labute approximate surface area is 119 Å². The third-order valence-corrected chi connectivity index (χ3v) is 3.76.